The van der Waals surface area contributed by atoms with Gasteiger partial charge in [-0.1, -0.05) is 39.0 Å². The van der Waals surface area contributed by atoms with Crippen molar-refractivity contribution in [3.05, 3.63) is 0 Å². The van der Waals surface area contributed by atoms with Gasteiger partial charge in [0.05, 0.1) is 0 Å². The van der Waals surface area contributed by atoms with Crippen LogP contribution in [0.1, 0.15) is 77.6 Å². The summed E-state index contributed by atoms with van der Waals surface area (Å²) < 4.78 is 0. The lowest BCUT2D eigenvalue weighted by atomic mass is 9.91. The van der Waals surface area contributed by atoms with Gasteiger partial charge in [0.1, 0.15) is 0 Å². The van der Waals surface area contributed by atoms with Crippen molar-refractivity contribution >= 4 is 0 Å². The van der Waals surface area contributed by atoms with Crippen molar-refractivity contribution in [1.82, 2.24) is 10.2 Å². The quantitative estimate of drug-likeness (QED) is 0.836. The van der Waals surface area contributed by atoms with E-state index in [1.807, 2.05) is 0 Å². The fraction of sp³-hybridized carbons (Fsp3) is 1.00. The van der Waals surface area contributed by atoms with Crippen LogP contribution in [0.25, 0.3) is 0 Å². The van der Waals surface area contributed by atoms with E-state index in [1.54, 1.807) is 0 Å². The molecule has 19 heavy (non-hydrogen) atoms. The SMILES string of the molecule is CCN(C1CCCCCCC1)C1CC2CCC(C1)N2. The molecule has 0 aromatic carbocycles. The average Bonchev–Trinajstić information content (AvgIpc) is 2.72. The summed E-state index contributed by atoms with van der Waals surface area (Å²) in [6, 6.07) is 3.46. The highest BCUT2D eigenvalue weighted by Gasteiger charge is 2.37. The van der Waals surface area contributed by atoms with Crippen LogP contribution in [0.4, 0.5) is 0 Å². The Morgan fingerprint density at radius 3 is 1.95 bits per heavy atom. The smallest absolute Gasteiger partial charge is 0.0128 e. The first-order valence-electron chi connectivity index (χ1n) is 8.88. The van der Waals surface area contributed by atoms with Gasteiger partial charge < -0.3 is 5.32 Å². The Hall–Kier alpha value is -0.0800. The zero-order valence-electron chi connectivity index (χ0n) is 12.7. The zero-order valence-corrected chi connectivity index (χ0v) is 12.7. The summed E-state index contributed by atoms with van der Waals surface area (Å²) in [5.41, 5.74) is 0. The van der Waals surface area contributed by atoms with E-state index in [0.717, 1.165) is 24.2 Å². The summed E-state index contributed by atoms with van der Waals surface area (Å²) in [5.74, 6) is 0. The molecule has 1 saturated carbocycles. The van der Waals surface area contributed by atoms with Gasteiger partial charge in [-0.3, -0.25) is 4.90 Å². The van der Waals surface area contributed by atoms with E-state index in [2.05, 4.69) is 17.1 Å². The number of fused-ring (bicyclic) bond motifs is 2. The molecular formula is C17H32N2. The van der Waals surface area contributed by atoms with Gasteiger partial charge in [-0.25, -0.2) is 0 Å². The van der Waals surface area contributed by atoms with E-state index in [4.69, 9.17) is 0 Å². The second-order valence-corrected chi connectivity index (χ2v) is 7.09. The van der Waals surface area contributed by atoms with Crippen molar-refractivity contribution in [3.63, 3.8) is 0 Å². The fourth-order valence-corrected chi connectivity index (χ4v) is 4.88. The summed E-state index contributed by atoms with van der Waals surface area (Å²) in [7, 11) is 0. The normalized spacial score (nSPS) is 37.3. The highest BCUT2D eigenvalue weighted by molar-refractivity contribution is 4.96. The number of rotatable bonds is 3. The summed E-state index contributed by atoms with van der Waals surface area (Å²) in [6.07, 6.45) is 16.0. The summed E-state index contributed by atoms with van der Waals surface area (Å²) in [5, 5.41) is 3.80. The fourth-order valence-electron chi connectivity index (χ4n) is 4.88. The van der Waals surface area contributed by atoms with Gasteiger partial charge in [0, 0.05) is 24.2 Å². The lowest BCUT2D eigenvalue weighted by Crippen LogP contribution is -2.51. The summed E-state index contributed by atoms with van der Waals surface area (Å²) in [4.78, 5) is 2.90. The minimum atomic E-state index is 0.839. The maximum absolute atomic E-state index is 3.80. The molecule has 0 aromatic heterocycles. The first kappa shape index (κ1) is 13.9. The van der Waals surface area contributed by atoms with Gasteiger partial charge in [-0.2, -0.15) is 0 Å². The number of hydrogen-bond acceptors (Lipinski definition) is 2. The monoisotopic (exact) mass is 264 g/mol. The molecule has 1 N–H and O–H groups in total. The largest absolute Gasteiger partial charge is 0.311 e. The lowest BCUT2D eigenvalue weighted by molar-refractivity contribution is 0.0842. The minimum Gasteiger partial charge on any atom is -0.311 e. The van der Waals surface area contributed by atoms with E-state index in [9.17, 15) is 0 Å². The van der Waals surface area contributed by atoms with Crippen LogP contribution < -0.4 is 5.32 Å². The molecule has 110 valence electrons. The van der Waals surface area contributed by atoms with E-state index < -0.39 is 0 Å². The third kappa shape index (κ3) is 3.33. The van der Waals surface area contributed by atoms with Gasteiger partial charge in [-0.15, -0.1) is 0 Å². The number of piperidine rings is 1. The number of hydrogen-bond donors (Lipinski definition) is 1. The predicted molar refractivity (Wildman–Crippen MR) is 81.5 cm³/mol. The van der Waals surface area contributed by atoms with Crippen molar-refractivity contribution in [2.75, 3.05) is 6.54 Å². The number of nitrogens with zero attached hydrogens (tertiary/aromatic N) is 1. The Balaban J connectivity index is 1.61. The predicted octanol–water partition coefficient (Wildman–Crippen LogP) is 3.70. The third-order valence-electron chi connectivity index (χ3n) is 5.83. The van der Waals surface area contributed by atoms with Gasteiger partial charge in [-0.05, 0) is 45.1 Å². The maximum Gasteiger partial charge on any atom is 0.0128 e. The maximum atomic E-state index is 3.80. The molecule has 0 spiro atoms. The van der Waals surface area contributed by atoms with Gasteiger partial charge in [0.15, 0.2) is 0 Å². The second-order valence-electron chi connectivity index (χ2n) is 7.09. The Labute approximate surface area is 119 Å². The van der Waals surface area contributed by atoms with Gasteiger partial charge in [0.2, 0.25) is 0 Å². The Bertz CT molecular complexity index is 258. The molecule has 1 aliphatic carbocycles. The summed E-state index contributed by atoms with van der Waals surface area (Å²) in [6.45, 7) is 3.66. The van der Waals surface area contributed by atoms with Gasteiger partial charge >= 0.3 is 0 Å². The first-order chi connectivity index (χ1) is 9.36. The first-order valence-corrected chi connectivity index (χ1v) is 8.88. The van der Waals surface area contributed by atoms with Crippen molar-refractivity contribution < 1.29 is 0 Å². The van der Waals surface area contributed by atoms with Crippen LogP contribution in [-0.4, -0.2) is 35.6 Å². The van der Waals surface area contributed by atoms with Crippen LogP contribution in [0.2, 0.25) is 0 Å². The molecule has 0 radical (unpaired) electrons. The summed E-state index contributed by atoms with van der Waals surface area (Å²) >= 11 is 0. The van der Waals surface area contributed by atoms with Crippen LogP contribution in [-0.2, 0) is 0 Å². The molecule has 3 aliphatic rings. The molecule has 2 atom stereocenters. The van der Waals surface area contributed by atoms with Crippen LogP contribution in [0, 0.1) is 0 Å². The van der Waals surface area contributed by atoms with E-state index >= 15 is 0 Å². The molecule has 2 aliphatic heterocycles. The molecule has 2 bridgehead atoms. The molecule has 3 fully saturated rings. The molecule has 2 unspecified atom stereocenters. The number of nitrogens with one attached hydrogen (secondary N) is 1. The molecule has 2 heteroatoms. The average molecular weight is 264 g/mol. The molecule has 3 rings (SSSR count). The third-order valence-corrected chi connectivity index (χ3v) is 5.83. The van der Waals surface area contributed by atoms with Crippen LogP contribution in [0.3, 0.4) is 0 Å². The highest BCUT2D eigenvalue weighted by Crippen LogP contribution is 2.32. The van der Waals surface area contributed by atoms with E-state index in [1.165, 1.54) is 77.2 Å². The topological polar surface area (TPSA) is 15.3 Å². The van der Waals surface area contributed by atoms with Crippen LogP contribution in [0.15, 0.2) is 0 Å². The second kappa shape index (κ2) is 6.58. The van der Waals surface area contributed by atoms with E-state index in [0.29, 0.717) is 0 Å². The van der Waals surface area contributed by atoms with Gasteiger partial charge in [0.25, 0.3) is 0 Å². The molecular weight excluding hydrogens is 232 g/mol. The Morgan fingerprint density at radius 1 is 0.789 bits per heavy atom. The Morgan fingerprint density at radius 2 is 1.37 bits per heavy atom. The standard InChI is InChI=1S/C17H32N2/c1-2-19(16-8-6-4-3-5-7-9-16)17-12-14-10-11-15(13-17)18-14/h14-18H,2-13H2,1H3. The minimum absolute atomic E-state index is 0.839. The van der Waals surface area contributed by atoms with Crippen molar-refractivity contribution in [3.8, 4) is 0 Å². The van der Waals surface area contributed by atoms with Crippen molar-refractivity contribution in [1.29, 1.82) is 0 Å². The van der Waals surface area contributed by atoms with E-state index in [-0.39, 0.29) is 0 Å². The molecule has 0 aromatic rings. The molecule has 0 amide bonds. The van der Waals surface area contributed by atoms with Crippen LogP contribution in [0.5, 0.6) is 0 Å². The molecule has 2 nitrogen and oxygen atoms in total. The molecule has 2 saturated heterocycles. The Kier molecular flexibility index (Phi) is 4.81. The highest BCUT2D eigenvalue weighted by atomic mass is 15.2. The van der Waals surface area contributed by atoms with Crippen molar-refractivity contribution in [2.24, 2.45) is 0 Å². The van der Waals surface area contributed by atoms with Crippen molar-refractivity contribution in [2.45, 2.75) is 102 Å². The lowest BCUT2D eigenvalue weighted by Gasteiger charge is -2.42. The molecule has 2 heterocycles. The van der Waals surface area contributed by atoms with Crippen LogP contribution >= 0.6 is 0 Å². The zero-order chi connectivity index (χ0) is 13.1.